The zero-order chi connectivity index (χ0) is 17.4. The van der Waals surface area contributed by atoms with Gasteiger partial charge in [-0.05, 0) is 30.3 Å². The molecule has 2 rings (SSSR count). The van der Waals surface area contributed by atoms with Crippen molar-refractivity contribution in [2.75, 3.05) is 25.6 Å². The number of benzene rings is 2. The van der Waals surface area contributed by atoms with Crippen molar-refractivity contribution in [1.29, 1.82) is 0 Å². The zero-order valence-electron chi connectivity index (χ0n) is 13.0. The Hall–Kier alpha value is -2.67. The highest BCUT2D eigenvalue weighted by molar-refractivity contribution is 6.05. The summed E-state index contributed by atoms with van der Waals surface area (Å²) in [7, 11) is 1.56. The molecule has 5 nitrogen and oxygen atoms in total. The van der Waals surface area contributed by atoms with Gasteiger partial charge in [0.2, 0.25) is 0 Å². The number of methoxy groups -OCH3 is 1. The van der Waals surface area contributed by atoms with Gasteiger partial charge in [-0.1, -0.05) is 18.2 Å². The quantitative estimate of drug-likeness (QED) is 0.748. The molecule has 0 radical (unpaired) electrons. The summed E-state index contributed by atoms with van der Waals surface area (Å²) in [6.45, 7) is -2.19. The number of alkyl halides is 2. The smallest absolute Gasteiger partial charge is 0.387 e. The molecule has 1 N–H and O–H groups in total. The van der Waals surface area contributed by atoms with Gasteiger partial charge in [0.05, 0.1) is 12.3 Å². The second-order valence-corrected chi connectivity index (χ2v) is 4.70. The molecule has 0 aliphatic carbocycles. The molecule has 0 bridgehead atoms. The molecule has 0 fully saturated rings. The van der Waals surface area contributed by atoms with Crippen LogP contribution >= 0.6 is 0 Å². The fraction of sp³-hybridized carbons (Fsp3) is 0.235. The Bertz CT molecular complexity index is 679. The van der Waals surface area contributed by atoms with Crippen molar-refractivity contribution in [2.24, 2.45) is 0 Å². The van der Waals surface area contributed by atoms with Crippen molar-refractivity contribution in [3.8, 4) is 11.5 Å². The van der Waals surface area contributed by atoms with Crippen molar-refractivity contribution in [1.82, 2.24) is 0 Å². The molecule has 0 unspecified atom stereocenters. The van der Waals surface area contributed by atoms with E-state index < -0.39 is 12.5 Å². The number of hydrogen-bond donors (Lipinski definition) is 1. The molecule has 1 amide bonds. The van der Waals surface area contributed by atoms with Gasteiger partial charge in [-0.2, -0.15) is 8.78 Å². The summed E-state index contributed by atoms with van der Waals surface area (Å²) in [6.07, 6.45) is 0. The Morgan fingerprint density at radius 2 is 1.92 bits per heavy atom. The molecule has 0 aliphatic rings. The Morgan fingerprint density at radius 3 is 2.67 bits per heavy atom. The van der Waals surface area contributed by atoms with E-state index in [4.69, 9.17) is 9.47 Å². The molecule has 0 heterocycles. The normalized spacial score (nSPS) is 10.5. The van der Waals surface area contributed by atoms with E-state index >= 15 is 0 Å². The van der Waals surface area contributed by atoms with Gasteiger partial charge in [0, 0.05) is 12.7 Å². The molecule has 24 heavy (non-hydrogen) atoms. The maximum absolute atomic E-state index is 12.4. The third-order valence-corrected chi connectivity index (χ3v) is 3.00. The zero-order valence-corrected chi connectivity index (χ0v) is 13.0. The molecule has 0 spiro atoms. The van der Waals surface area contributed by atoms with Crippen LogP contribution in [-0.4, -0.2) is 32.8 Å². The highest BCUT2D eigenvalue weighted by Crippen LogP contribution is 2.26. The van der Waals surface area contributed by atoms with Gasteiger partial charge in [0.15, 0.2) is 0 Å². The van der Waals surface area contributed by atoms with Crippen LogP contribution in [0.3, 0.4) is 0 Å². The molecule has 2 aromatic carbocycles. The lowest BCUT2D eigenvalue weighted by molar-refractivity contribution is -0.0493. The van der Waals surface area contributed by atoms with Crippen molar-refractivity contribution >= 4 is 11.6 Å². The minimum Gasteiger partial charge on any atom is -0.491 e. The summed E-state index contributed by atoms with van der Waals surface area (Å²) >= 11 is 0. The highest BCUT2D eigenvalue weighted by atomic mass is 19.3. The summed E-state index contributed by atoms with van der Waals surface area (Å²) in [4.78, 5) is 12.3. The SMILES string of the molecule is COCCOc1cccc(C(=O)Nc2ccccc2OC(F)F)c1. The number of ether oxygens (including phenoxy) is 3. The van der Waals surface area contributed by atoms with Crippen LogP contribution in [0.25, 0.3) is 0 Å². The third kappa shape index (κ3) is 5.20. The predicted molar refractivity (Wildman–Crippen MR) is 84.8 cm³/mol. The second kappa shape index (κ2) is 8.83. The average molecular weight is 337 g/mol. The number of para-hydroxylation sites is 2. The van der Waals surface area contributed by atoms with Gasteiger partial charge in [-0.3, -0.25) is 4.79 Å². The second-order valence-electron chi connectivity index (χ2n) is 4.70. The van der Waals surface area contributed by atoms with E-state index in [0.717, 1.165) is 0 Å². The van der Waals surface area contributed by atoms with Gasteiger partial charge >= 0.3 is 6.61 Å². The molecular weight excluding hydrogens is 320 g/mol. The fourth-order valence-electron chi connectivity index (χ4n) is 1.93. The fourth-order valence-corrected chi connectivity index (χ4v) is 1.93. The summed E-state index contributed by atoms with van der Waals surface area (Å²) in [5, 5.41) is 2.55. The predicted octanol–water partition coefficient (Wildman–Crippen LogP) is 3.57. The van der Waals surface area contributed by atoms with Gasteiger partial charge in [-0.15, -0.1) is 0 Å². The Labute approximate surface area is 138 Å². The summed E-state index contributed by atoms with van der Waals surface area (Å²) in [5.41, 5.74) is 0.491. The van der Waals surface area contributed by atoms with Crippen molar-refractivity contribution in [3.05, 3.63) is 54.1 Å². The number of halogens is 2. The third-order valence-electron chi connectivity index (χ3n) is 3.00. The minimum absolute atomic E-state index is 0.103. The maximum atomic E-state index is 12.4. The van der Waals surface area contributed by atoms with E-state index in [9.17, 15) is 13.6 Å². The average Bonchev–Trinajstić information content (AvgIpc) is 2.57. The topological polar surface area (TPSA) is 56.8 Å². The number of rotatable bonds is 8. The molecule has 7 heteroatoms. The van der Waals surface area contributed by atoms with E-state index in [0.29, 0.717) is 24.5 Å². The lowest BCUT2D eigenvalue weighted by atomic mass is 10.2. The first kappa shape index (κ1) is 17.7. The monoisotopic (exact) mass is 337 g/mol. The van der Waals surface area contributed by atoms with Crippen LogP contribution in [-0.2, 0) is 4.74 Å². The Balaban J connectivity index is 2.08. The number of hydrogen-bond acceptors (Lipinski definition) is 4. The molecule has 0 aliphatic heterocycles. The van der Waals surface area contributed by atoms with Crippen LogP contribution in [0, 0.1) is 0 Å². The summed E-state index contributed by atoms with van der Waals surface area (Å²) in [6, 6.07) is 12.5. The van der Waals surface area contributed by atoms with Gasteiger partial charge < -0.3 is 19.5 Å². The largest absolute Gasteiger partial charge is 0.491 e. The van der Waals surface area contributed by atoms with Crippen LogP contribution in [0.2, 0.25) is 0 Å². The molecule has 128 valence electrons. The van der Waals surface area contributed by atoms with E-state index in [1.165, 1.54) is 18.2 Å². The van der Waals surface area contributed by atoms with E-state index in [-0.39, 0.29) is 11.4 Å². The Kier molecular flexibility index (Phi) is 6.51. The first-order valence-corrected chi connectivity index (χ1v) is 7.17. The standard InChI is InChI=1S/C17H17F2NO4/c1-22-9-10-23-13-6-4-5-12(11-13)16(21)20-14-7-2-3-8-15(14)24-17(18)19/h2-8,11,17H,9-10H2,1H3,(H,20,21). The molecule has 2 aromatic rings. The molecule has 0 atom stereocenters. The molecular formula is C17H17F2NO4. The number of anilines is 1. The van der Waals surface area contributed by atoms with E-state index in [1.807, 2.05) is 0 Å². The number of carbonyl (C=O) groups excluding carboxylic acids is 1. The van der Waals surface area contributed by atoms with Gasteiger partial charge in [-0.25, -0.2) is 0 Å². The molecule has 0 saturated heterocycles. The first-order chi connectivity index (χ1) is 11.6. The van der Waals surface area contributed by atoms with Crippen LogP contribution in [0.5, 0.6) is 11.5 Å². The van der Waals surface area contributed by atoms with E-state index in [1.54, 1.807) is 37.4 Å². The van der Waals surface area contributed by atoms with Gasteiger partial charge in [0.25, 0.3) is 5.91 Å². The van der Waals surface area contributed by atoms with Gasteiger partial charge in [0.1, 0.15) is 18.1 Å². The number of nitrogens with one attached hydrogen (secondary N) is 1. The lowest BCUT2D eigenvalue weighted by Crippen LogP contribution is -2.14. The van der Waals surface area contributed by atoms with Crippen LogP contribution in [0.15, 0.2) is 48.5 Å². The highest BCUT2D eigenvalue weighted by Gasteiger charge is 2.13. The maximum Gasteiger partial charge on any atom is 0.387 e. The molecule has 0 saturated carbocycles. The minimum atomic E-state index is -2.97. The Morgan fingerprint density at radius 1 is 1.12 bits per heavy atom. The summed E-state index contributed by atoms with van der Waals surface area (Å²) < 4.78 is 39.5. The lowest BCUT2D eigenvalue weighted by Gasteiger charge is -2.12. The number of amides is 1. The van der Waals surface area contributed by atoms with Crippen LogP contribution in [0.1, 0.15) is 10.4 Å². The van der Waals surface area contributed by atoms with E-state index in [2.05, 4.69) is 10.1 Å². The van der Waals surface area contributed by atoms with Crippen molar-refractivity contribution < 1.29 is 27.8 Å². The van der Waals surface area contributed by atoms with Crippen LogP contribution < -0.4 is 14.8 Å². The van der Waals surface area contributed by atoms with Crippen molar-refractivity contribution in [2.45, 2.75) is 6.61 Å². The van der Waals surface area contributed by atoms with Crippen LogP contribution in [0.4, 0.5) is 14.5 Å². The number of carbonyl (C=O) groups is 1. The first-order valence-electron chi connectivity index (χ1n) is 7.17. The summed E-state index contributed by atoms with van der Waals surface area (Å²) in [5.74, 6) is -0.0531. The van der Waals surface area contributed by atoms with Crippen molar-refractivity contribution in [3.63, 3.8) is 0 Å². The molecule has 0 aromatic heterocycles.